The molecule has 0 aromatic carbocycles. The minimum Gasteiger partial charge on any atom is -0.445 e. The zero-order valence-electron chi connectivity index (χ0n) is 22.1. The first-order chi connectivity index (χ1) is 19.5. The van der Waals surface area contributed by atoms with E-state index in [4.69, 9.17) is 19.9 Å². The second kappa shape index (κ2) is 12.8. The number of alkyl halides is 3. The number of thiazole rings is 1. The topological polar surface area (TPSA) is 212 Å². The van der Waals surface area contributed by atoms with Crippen LogP contribution in [0.3, 0.4) is 0 Å². The second-order valence-electron chi connectivity index (χ2n) is 9.61. The van der Waals surface area contributed by atoms with Crippen molar-refractivity contribution in [1.29, 1.82) is 0 Å². The van der Waals surface area contributed by atoms with Crippen LogP contribution in [0.25, 0.3) is 0 Å². The lowest BCUT2D eigenvalue weighted by Gasteiger charge is -2.49. The molecule has 5 N–H and O–H groups in total. The lowest BCUT2D eigenvalue weighted by Crippen LogP contribution is -2.71. The summed E-state index contributed by atoms with van der Waals surface area (Å²) in [5, 5.41) is 16.7. The van der Waals surface area contributed by atoms with E-state index in [0.717, 1.165) is 28.0 Å². The van der Waals surface area contributed by atoms with Gasteiger partial charge in [0.15, 0.2) is 10.8 Å². The van der Waals surface area contributed by atoms with Crippen LogP contribution in [0.2, 0.25) is 0 Å². The third-order valence-corrected chi connectivity index (χ3v) is 7.42. The Morgan fingerprint density at radius 1 is 1.21 bits per heavy atom. The standard InChI is InChI=1S/C22H25F3N6O9S2/c1-21(2,3)18(35)40-8-39-17(34)13-9(4-38-20(36)27-7-22(23,24)25)5-41-16-12(15(33)31(13)16)29-14(32)11(30-37)10-6-42-19(26)28-10/h6,12,16,37H,4-5,7-8H2,1-3H3,(H2,26,28)(H,27,36)(H,29,32)/b30-11-/t12-,16-/m1/s1. The normalized spacial score (nSPS) is 19.0. The highest BCUT2D eigenvalue weighted by molar-refractivity contribution is 8.00. The molecule has 3 rings (SSSR count). The Bertz CT molecular complexity index is 1330. The van der Waals surface area contributed by atoms with Crippen LogP contribution in [-0.4, -0.2) is 93.9 Å². The van der Waals surface area contributed by atoms with Gasteiger partial charge < -0.3 is 35.8 Å². The number of alkyl carbamates (subject to hydrolysis) is 1. The van der Waals surface area contributed by atoms with Crippen molar-refractivity contribution in [1.82, 2.24) is 20.5 Å². The molecule has 20 heteroatoms. The van der Waals surface area contributed by atoms with Crippen molar-refractivity contribution >= 4 is 63.8 Å². The summed E-state index contributed by atoms with van der Waals surface area (Å²) >= 11 is 2.01. The fraction of sp³-hybridized carbons (Fsp3) is 0.500. The van der Waals surface area contributed by atoms with E-state index in [-0.39, 0.29) is 22.2 Å². The molecule has 230 valence electrons. The third-order valence-electron chi connectivity index (χ3n) is 5.41. The number of nitrogens with two attached hydrogens (primary N) is 1. The zero-order chi connectivity index (χ0) is 31.4. The predicted molar refractivity (Wildman–Crippen MR) is 139 cm³/mol. The molecule has 0 spiro atoms. The van der Waals surface area contributed by atoms with Crippen molar-refractivity contribution in [2.75, 3.05) is 31.4 Å². The van der Waals surface area contributed by atoms with Crippen molar-refractivity contribution in [3.05, 3.63) is 22.3 Å². The van der Waals surface area contributed by atoms with Gasteiger partial charge in [0.25, 0.3) is 11.8 Å². The smallest absolute Gasteiger partial charge is 0.407 e. The number of thioether (sulfide) groups is 1. The molecule has 0 bridgehead atoms. The van der Waals surface area contributed by atoms with Crippen LogP contribution < -0.4 is 16.4 Å². The molecular formula is C22H25F3N6O9S2. The number of amides is 3. The first kappa shape index (κ1) is 32.4. The number of carbonyl (C=O) groups is 5. The van der Waals surface area contributed by atoms with Gasteiger partial charge in [-0.2, -0.15) is 13.2 Å². The Labute approximate surface area is 243 Å². The van der Waals surface area contributed by atoms with Crippen LogP contribution in [0.5, 0.6) is 0 Å². The number of oxime groups is 1. The molecule has 15 nitrogen and oxygen atoms in total. The molecule has 0 unspecified atom stereocenters. The number of ether oxygens (including phenoxy) is 3. The first-order valence-corrected chi connectivity index (χ1v) is 13.7. The summed E-state index contributed by atoms with van der Waals surface area (Å²) in [6, 6.07) is -1.21. The Morgan fingerprint density at radius 2 is 1.90 bits per heavy atom. The van der Waals surface area contributed by atoms with E-state index in [2.05, 4.69) is 15.5 Å². The molecule has 0 radical (unpaired) electrons. The number of nitrogens with one attached hydrogen (secondary N) is 2. The average molecular weight is 639 g/mol. The van der Waals surface area contributed by atoms with Gasteiger partial charge in [-0.3, -0.25) is 19.3 Å². The summed E-state index contributed by atoms with van der Waals surface area (Å²) in [6.07, 6.45) is -6.13. The monoisotopic (exact) mass is 638 g/mol. The van der Waals surface area contributed by atoms with E-state index in [9.17, 15) is 42.4 Å². The number of esters is 2. The van der Waals surface area contributed by atoms with Gasteiger partial charge in [0, 0.05) is 16.7 Å². The lowest BCUT2D eigenvalue weighted by molar-refractivity contribution is -0.173. The van der Waals surface area contributed by atoms with Crippen molar-refractivity contribution in [3.8, 4) is 0 Å². The lowest BCUT2D eigenvalue weighted by atomic mass is 9.98. The van der Waals surface area contributed by atoms with E-state index in [1.165, 1.54) is 10.7 Å². The van der Waals surface area contributed by atoms with Crippen LogP contribution in [-0.2, 0) is 33.4 Å². The number of nitrogens with zero attached hydrogens (tertiary/aromatic N) is 3. The van der Waals surface area contributed by atoms with Gasteiger partial charge in [-0.05, 0) is 20.8 Å². The van der Waals surface area contributed by atoms with E-state index in [0.29, 0.717) is 0 Å². The van der Waals surface area contributed by atoms with E-state index in [1.807, 2.05) is 0 Å². The highest BCUT2D eigenvalue weighted by Crippen LogP contribution is 2.41. The maximum atomic E-state index is 13.1. The summed E-state index contributed by atoms with van der Waals surface area (Å²) in [4.78, 5) is 67.4. The number of anilines is 1. The van der Waals surface area contributed by atoms with Gasteiger partial charge in [0.1, 0.15) is 36.0 Å². The Morgan fingerprint density at radius 3 is 2.48 bits per heavy atom. The van der Waals surface area contributed by atoms with Gasteiger partial charge in [-0.15, -0.1) is 23.1 Å². The highest BCUT2D eigenvalue weighted by Gasteiger charge is 2.55. The largest absolute Gasteiger partial charge is 0.445 e. The van der Waals surface area contributed by atoms with Gasteiger partial charge >= 0.3 is 24.2 Å². The highest BCUT2D eigenvalue weighted by atomic mass is 32.2. The minimum atomic E-state index is -4.69. The number of rotatable bonds is 9. The van der Waals surface area contributed by atoms with E-state index >= 15 is 0 Å². The van der Waals surface area contributed by atoms with Crippen LogP contribution in [0.15, 0.2) is 21.8 Å². The number of carbonyl (C=O) groups excluding carboxylic acids is 5. The van der Waals surface area contributed by atoms with Gasteiger partial charge in [-0.25, -0.2) is 14.6 Å². The summed E-state index contributed by atoms with van der Waals surface area (Å²) < 4.78 is 51.9. The summed E-state index contributed by atoms with van der Waals surface area (Å²) in [5.74, 6) is -3.72. The molecule has 2 aliphatic rings. The van der Waals surface area contributed by atoms with Crippen LogP contribution >= 0.6 is 23.1 Å². The summed E-state index contributed by atoms with van der Waals surface area (Å²) in [6.45, 7) is 1.51. The molecule has 3 heterocycles. The SMILES string of the molecule is CC(C)(C)C(=O)OCOC(=O)C1=C(COC(=O)NCC(F)(F)F)CS[C@@H]2[C@H](NC(=O)/C(=N\O)c3csc(N)n3)C(=O)N12. The molecule has 1 aromatic rings. The van der Waals surface area contributed by atoms with E-state index in [1.54, 1.807) is 20.8 Å². The van der Waals surface area contributed by atoms with Gasteiger partial charge in [0.05, 0.1) is 5.41 Å². The molecule has 1 fully saturated rings. The first-order valence-electron chi connectivity index (χ1n) is 11.8. The molecule has 1 aromatic heterocycles. The molecule has 3 amide bonds. The van der Waals surface area contributed by atoms with Crippen molar-refractivity contribution in [3.63, 3.8) is 0 Å². The van der Waals surface area contributed by atoms with Crippen LogP contribution in [0.4, 0.5) is 23.1 Å². The quantitative estimate of drug-likeness (QED) is 0.0743. The number of aromatic nitrogens is 1. The molecule has 1 saturated heterocycles. The Kier molecular flexibility index (Phi) is 9.92. The number of β-lactam (4-membered cyclic amide) rings is 1. The Hall–Kier alpha value is -4.07. The predicted octanol–water partition coefficient (Wildman–Crippen LogP) is 0.936. The van der Waals surface area contributed by atoms with Crippen molar-refractivity contribution in [2.24, 2.45) is 10.6 Å². The maximum Gasteiger partial charge on any atom is 0.407 e. The molecule has 2 atom stereocenters. The van der Waals surface area contributed by atoms with Gasteiger partial charge in [-0.1, -0.05) is 5.16 Å². The van der Waals surface area contributed by atoms with Crippen molar-refractivity contribution < 1.29 is 56.6 Å². The molecular weight excluding hydrogens is 613 g/mol. The fourth-order valence-electron chi connectivity index (χ4n) is 3.40. The minimum absolute atomic E-state index is 0.000703. The number of halogens is 3. The maximum absolute atomic E-state index is 13.1. The number of nitrogen functional groups attached to an aromatic ring is 1. The van der Waals surface area contributed by atoms with Crippen LogP contribution in [0, 0.1) is 5.41 Å². The molecule has 42 heavy (non-hydrogen) atoms. The van der Waals surface area contributed by atoms with Crippen LogP contribution in [0.1, 0.15) is 26.5 Å². The summed E-state index contributed by atoms with van der Waals surface area (Å²) in [7, 11) is 0. The van der Waals surface area contributed by atoms with Gasteiger partial charge in [0.2, 0.25) is 6.79 Å². The zero-order valence-corrected chi connectivity index (χ0v) is 23.8. The second-order valence-corrected chi connectivity index (χ2v) is 11.6. The van der Waals surface area contributed by atoms with E-state index < -0.39 is 84.2 Å². The number of hydrogen-bond donors (Lipinski definition) is 4. The average Bonchev–Trinajstić information content (AvgIpc) is 3.33. The molecule has 0 saturated carbocycles. The summed E-state index contributed by atoms with van der Waals surface area (Å²) in [5.41, 5.74) is 3.64. The van der Waals surface area contributed by atoms with Crippen molar-refractivity contribution in [2.45, 2.75) is 38.4 Å². The molecule has 2 aliphatic heterocycles. The number of hydrogen-bond acceptors (Lipinski definition) is 14. The number of fused-ring (bicyclic) bond motifs is 1. The molecule has 0 aliphatic carbocycles. The fourth-order valence-corrected chi connectivity index (χ4v) is 5.27. The third kappa shape index (κ3) is 7.81. The Balaban J connectivity index is 1.76.